The molecule has 1 rings (SSSR count). The number of benzene rings is 1. The fourth-order valence-electron chi connectivity index (χ4n) is 1.27. The Bertz CT molecular complexity index is 375. The quantitative estimate of drug-likeness (QED) is 0.859. The van der Waals surface area contributed by atoms with Gasteiger partial charge in [-0.15, -0.1) is 0 Å². The number of hydrogen-bond donors (Lipinski definition) is 1. The van der Waals surface area contributed by atoms with Crippen molar-refractivity contribution < 1.29 is 14.6 Å². The molecule has 0 radical (unpaired) electrons. The first-order valence-corrected chi connectivity index (χ1v) is 6.11. The van der Waals surface area contributed by atoms with Crippen LogP contribution in [0, 0.1) is 0 Å². The first kappa shape index (κ1) is 12.9. The second kappa shape index (κ2) is 5.80. The third kappa shape index (κ3) is 3.45. The van der Waals surface area contributed by atoms with Crippen molar-refractivity contribution in [3.63, 3.8) is 0 Å². The predicted octanol–water partition coefficient (Wildman–Crippen LogP) is 3.04. The van der Waals surface area contributed by atoms with Crippen LogP contribution >= 0.6 is 11.8 Å². The van der Waals surface area contributed by atoms with Gasteiger partial charge >= 0.3 is 5.97 Å². The first-order chi connectivity index (χ1) is 7.54. The molecule has 0 aliphatic rings. The molecule has 0 spiro atoms. The highest BCUT2D eigenvalue weighted by molar-refractivity contribution is 7.99. The Kier molecular flexibility index (Phi) is 4.68. The molecule has 0 saturated heterocycles. The molecule has 0 bridgehead atoms. The number of aromatic carboxylic acids is 1. The Balaban J connectivity index is 2.89. The smallest absolute Gasteiger partial charge is 0.339 e. The van der Waals surface area contributed by atoms with Crippen molar-refractivity contribution >= 4 is 17.7 Å². The van der Waals surface area contributed by atoms with Crippen molar-refractivity contribution in [2.24, 2.45) is 0 Å². The minimum Gasteiger partial charge on any atom is -0.496 e. The van der Waals surface area contributed by atoms with Gasteiger partial charge in [0.2, 0.25) is 0 Å². The summed E-state index contributed by atoms with van der Waals surface area (Å²) in [4.78, 5) is 11.0. The van der Waals surface area contributed by atoms with Crippen LogP contribution in [0.25, 0.3) is 0 Å². The normalized spacial score (nSPS) is 10.5. The lowest BCUT2D eigenvalue weighted by molar-refractivity contribution is 0.0693. The molecule has 0 aliphatic heterocycles. The standard InChI is InChI=1S/C12H16O3S/c1-8(2)16-7-9-4-5-11(15-3)10(6-9)12(13)14/h4-6,8H,7H2,1-3H3,(H,13,14). The summed E-state index contributed by atoms with van der Waals surface area (Å²) in [6, 6.07) is 5.29. The maximum Gasteiger partial charge on any atom is 0.339 e. The number of methoxy groups -OCH3 is 1. The maximum absolute atomic E-state index is 11.0. The van der Waals surface area contributed by atoms with Crippen molar-refractivity contribution in [1.29, 1.82) is 0 Å². The average molecular weight is 240 g/mol. The van der Waals surface area contributed by atoms with Crippen molar-refractivity contribution in [3.8, 4) is 5.75 Å². The van der Waals surface area contributed by atoms with E-state index in [1.807, 2.05) is 6.07 Å². The predicted molar refractivity (Wildman–Crippen MR) is 66.4 cm³/mol. The highest BCUT2D eigenvalue weighted by atomic mass is 32.2. The molecule has 88 valence electrons. The highest BCUT2D eigenvalue weighted by Gasteiger charge is 2.11. The fraction of sp³-hybridized carbons (Fsp3) is 0.417. The molecule has 3 nitrogen and oxygen atoms in total. The molecule has 0 saturated carbocycles. The molecular weight excluding hydrogens is 224 g/mol. The Morgan fingerprint density at radius 3 is 2.69 bits per heavy atom. The van der Waals surface area contributed by atoms with E-state index in [-0.39, 0.29) is 5.56 Å². The van der Waals surface area contributed by atoms with Crippen LogP contribution in [0.1, 0.15) is 29.8 Å². The summed E-state index contributed by atoms with van der Waals surface area (Å²) in [5.41, 5.74) is 1.24. The van der Waals surface area contributed by atoms with Gasteiger partial charge < -0.3 is 9.84 Å². The van der Waals surface area contributed by atoms with Crippen LogP contribution in [0.3, 0.4) is 0 Å². The van der Waals surface area contributed by atoms with Gasteiger partial charge in [0.05, 0.1) is 7.11 Å². The van der Waals surface area contributed by atoms with Gasteiger partial charge in [-0.1, -0.05) is 19.9 Å². The van der Waals surface area contributed by atoms with Crippen molar-refractivity contribution in [1.82, 2.24) is 0 Å². The molecule has 4 heteroatoms. The van der Waals surface area contributed by atoms with Crippen LogP contribution in [0.2, 0.25) is 0 Å². The zero-order chi connectivity index (χ0) is 12.1. The topological polar surface area (TPSA) is 46.5 Å². The molecule has 0 aliphatic carbocycles. The van der Waals surface area contributed by atoms with Gasteiger partial charge in [-0.25, -0.2) is 4.79 Å². The summed E-state index contributed by atoms with van der Waals surface area (Å²) >= 11 is 1.78. The van der Waals surface area contributed by atoms with E-state index in [9.17, 15) is 4.79 Å². The molecule has 1 N–H and O–H groups in total. The number of ether oxygens (including phenoxy) is 1. The van der Waals surface area contributed by atoms with Crippen LogP contribution in [0.15, 0.2) is 18.2 Å². The monoisotopic (exact) mass is 240 g/mol. The van der Waals surface area contributed by atoms with Gasteiger partial charge in [0.15, 0.2) is 0 Å². The zero-order valence-corrected chi connectivity index (χ0v) is 10.5. The van der Waals surface area contributed by atoms with Gasteiger partial charge in [-0.2, -0.15) is 11.8 Å². The lowest BCUT2D eigenvalue weighted by Crippen LogP contribution is -2.01. The van der Waals surface area contributed by atoms with Gasteiger partial charge in [-0.05, 0) is 22.9 Å². The Labute approximate surface area is 99.8 Å². The number of carbonyl (C=O) groups is 1. The second-order valence-corrected chi connectivity index (χ2v) is 5.26. The van der Waals surface area contributed by atoms with Crippen LogP contribution in [-0.4, -0.2) is 23.4 Å². The Hall–Kier alpha value is -1.16. The molecule has 0 fully saturated rings. The first-order valence-electron chi connectivity index (χ1n) is 5.06. The molecule has 0 aromatic heterocycles. The molecule has 1 aromatic carbocycles. The molecule has 1 aromatic rings. The SMILES string of the molecule is COc1ccc(CSC(C)C)cc1C(=O)O. The highest BCUT2D eigenvalue weighted by Crippen LogP contribution is 2.23. The third-order valence-electron chi connectivity index (χ3n) is 2.08. The van der Waals surface area contributed by atoms with Crippen molar-refractivity contribution in [2.45, 2.75) is 24.9 Å². The van der Waals surface area contributed by atoms with E-state index < -0.39 is 5.97 Å². The molecule has 0 unspecified atom stereocenters. The van der Waals surface area contributed by atoms with Gasteiger partial charge in [0.25, 0.3) is 0 Å². The Morgan fingerprint density at radius 2 is 2.19 bits per heavy atom. The summed E-state index contributed by atoms with van der Waals surface area (Å²) in [7, 11) is 1.48. The van der Waals surface area contributed by atoms with E-state index in [1.54, 1.807) is 23.9 Å². The van der Waals surface area contributed by atoms with Crippen LogP contribution in [0.4, 0.5) is 0 Å². The molecule has 0 heterocycles. The van der Waals surface area contributed by atoms with Crippen molar-refractivity contribution in [3.05, 3.63) is 29.3 Å². The van der Waals surface area contributed by atoms with E-state index >= 15 is 0 Å². The molecule has 0 atom stereocenters. The lowest BCUT2D eigenvalue weighted by Gasteiger charge is -2.08. The van der Waals surface area contributed by atoms with Crippen LogP contribution < -0.4 is 4.74 Å². The zero-order valence-electron chi connectivity index (χ0n) is 9.69. The minimum atomic E-state index is -0.951. The van der Waals surface area contributed by atoms with Gasteiger partial charge in [-0.3, -0.25) is 0 Å². The average Bonchev–Trinajstić information content (AvgIpc) is 2.25. The molecule has 0 amide bonds. The van der Waals surface area contributed by atoms with Crippen molar-refractivity contribution in [2.75, 3.05) is 7.11 Å². The molecule has 16 heavy (non-hydrogen) atoms. The lowest BCUT2D eigenvalue weighted by atomic mass is 10.1. The van der Waals surface area contributed by atoms with Crippen LogP contribution in [-0.2, 0) is 5.75 Å². The summed E-state index contributed by atoms with van der Waals surface area (Å²) in [5.74, 6) is 0.279. The number of rotatable bonds is 5. The second-order valence-electron chi connectivity index (χ2n) is 3.70. The van der Waals surface area contributed by atoms with E-state index in [2.05, 4.69) is 13.8 Å². The number of hydrogen-bond acceptors (Lipinski definition) is 3. The van der Waals surface area contributed by atoms with E-state index in [4.69, 9.17) is 9.84 Å². The largest absolute Gasteiger partial charge is 0.496 e. The Morgan fingerprint density at radius 1 is 1.50 bits per heavy atom. The van der Waals surface area contributed by atoms with E-state index in [1.165, 1.54) is 7.11 Å². The summed E-state index contributed by atoms with van der Waals surface area (Å²) in [6.45, 7) is 4.23. The molecular formula is C12H16O3S. The van der Waals surface area contributed by atoms with Gasteiger partial charge in [0, 0.05) is 5.75 Å². The maximum atomic E-state index is 11.0. The number of carboxylic acid groups (broad SMARTS) is 1. The summed E-state index contributed by atoms with van der Waals surface area (Å²) < 4.78 is 5.00. The van der Waals surface area contributed by atoms with Gasteiger partial charge in [0.1, 0.15) is 11.3 Å². The summed E-state index contributed by atoms with van der Waals surface area (Å²) in [5, 5.41) is 9.55. The van der Waals surface area contributed by atoms with E-state index in [0.29, 0.717) is 11.0 Å². The van der Waals surface area contributed by atoms with E-state index in [0.717, 1.165) is 11.3 Å². The number of carboxylic acids is 1. The fourth-order valence-corrected chi connectivity index (χ4v) is 1.98. The minimum absolute atomic E-state index is 0.226. The van der Waals surface area contributed by atoms with Crippen LogP contribution in [0.5, 0.6) is 5.75 Å². The summed E-state index contributed by atoms with van der Waals surface area (Å²) in [6.07, 6.45) is 0. The number of thioether (sulfide) groups is 1. The third-order valence-corrected chi connectivity index (χ3v) is 3.24.